The topological polar surface area (TPSA) is 35.0 Å². The van der Waals surface area contributed by atoms with Crippen LogP contribution in [0.3, 0.4) is 0 Å². The van der Waals surface area contributed by atoms with Gasteiger partial charge in [0, 0.05) is 0 Å². The molecule has 0 atom stereocenters. The predicted molar refractivity (Wildman–Crippen MR) is 93.3 cm³/mol. The van der Waals surface area contributed by atoms with Crippen molar-refractivity contribution in [3.05, 3.63) is 18.2 Å². The van der Waals surface area contributed by atoms with Gasteiger partial charge in [0.2, 0.25) is 0 Å². The second kappa shape index (κ2) is 10.6. The third-order valence-electron chi connectivity index (χ3n) is 4.24. The van der Waals surface area contributed by atoms with Gasteiger partial charge in [-0.15, -0.1) is 0 Å². The van der Waals surface area contributed by atoms with Crippen molar-refractivity contribution in [2.75, 3.05) is 0 Å². The molecule has 0 unspecified atom stereocenters. The van der Waals surface area contributed by atoms with Crippen molar-refractivity contribution in [1.82, 2.24) is 9.97 Å². The number of nitrogens with zero attached hydrogens (tertiary/aromatic N) is 2. The van der Waals surface area contributed by atoms with Crippen LogP contribution in [0.5, 0.6) is 5.75 Å². The molecule has 0 saturated heterocycles. The van der Waals surface area contributed by atoms with Crippen molar-refractivity contribution in [3.63, 3.8) is 0 Å². The molecule has 0 N–H and O–H groups in total. The molecule has 1 aromatic rings. The summed E-state index contributed by atoms with van der Waals surface area (Å²) >= 11 is 0. The summed E-state index contributed by atoms with van der Waals surface area (Å²) in [5, 5.41) is 0. The molecule has 0 amide bonds. The van der Waals surface area contributed by atoms with Crippen molar-refractivity contribution in [3.8, 4) is 5.75 Å². The molecule has 1 rings (SSSR count). The first-order valence-electron chi connectivity index (χ1n) is 9.07. The Morgan fingerprint density at radius 2 is 1.36 bits per heavy atom. The van der Waals surface area contributed by atoms with Gasteiger partial charge in [-0.3, -0.25) is 0 Å². The average Bonchev–Trinajstić information content (AvgIpc) is 2.51. The summed E-state index contributed by atoms with van der Waals surface area (Å²) in [6.07, 6.45) is 16.1. The van der Waals surface area contributed by atoms with E-state index in [1.165, 1.54) is 51.4 Å². The first-order chi connectivity index (χ1) is 10.6. The second-order valence-electron chi connectivity index (χ2n) is 6.64. The van der Waals surface area contributed by atoms with Crippen LogP contribution in [0.25, 0.3) is 0 Å². The molecule has 0 aliphatic heterocycles. The maximum Gasteiger partial charge on any atom is 0.156 e. The van der Waals surface area contributed by atoms with Gasteiger partial charge in [0.15, 0.2) is 5.75 Å². The number of aromatic nitrogens is 2. The summed E-state index contributed by atoms with van der Waals surface area (Å²) in [5.74, 6) is 1.60. The van der Waals surface area contributed by atoms with E-state index in [0.29, 0.717) is 0 Å². The van der Waals surface area contributed by atoms with E-state index in [9.17, 15) is 0 Å². The summed E-state index contributed by atoms with van der Waals surface area (Å²) < 4.78 is 6.29. The molecule has 0 saturated carbocycles. The fourth-order valence-electron chi connectivity index (χ4n) is 2.80. The first kappa shape index (κ1) is 18.9. The van der Waals surface area contributed by atoms with Crippen LogP contribution in [0, 0.1) is 6.92 Å². The Bertz CT molecular complexity index is 377. The summed E-state index contributed by atoms with van der Waals surface area (Å²) in [5.41, 5.74) is -0.0832. The number of hydrogen-bond acceptors (Lipinski definition) is 3. The molecule has 22 heavy (non-hydrogen) atoms. The average molecular weight is 306 g/mol. The monoisotopic (exact) mass is 306 g/mol. The van der Waals surface area contributed by atoms with Crippen LogP contribution >= 0.6 is 0 Å². The Kier molecular flexibility index (Phi) is 9.10. The van der Waals surface area contributed by atoms with E-state index in [-0.39, 0.29) is 5.60 Å². The molecule has 0 aliphatic rings. The second-order valence-corrected chi connectivity index (χ2v) is 6.64. The Morgan fingerprint density at radius 1 is 0.864 bits per heavy atom. The highest BCUT2D eigenvalue weighted by molar-refractivity contribution is 5.13. The van der Waals surface area contributed by atoms with Crippen LogP contribution in [0.4, 0.5) is 0 Å². The van der Waals surface area contributed by atoms with E-state index in [0.717, 1.165) is 24.4 Å². The minimum Gasteiger partial charge on any atom is -0.484 e. The van der Waals surface area contributed by atoms with Crippen molar-refractivity contribution in [2.24, 2.45) is 0 Å². The minimum absolute atomic E-state index is 0.0832. The molecule has 0 bridgehead atoms. The first-order valence-corrected chi connectivity index (χ1v) is 9.07. The van der Waals surface area contributed by atoms with Gasteiger partial charge in [0.1, 0.15) is 11.4 Å². The predicted octanol–water partition coefficient (Wildman–Crippen LogP) is 5.86. The maximum absolute atomic E-state index is 6.29. The van der Waals surface area contributed by atoms with Gasteiger partial charge in [0.25, 0.3) is 0 Å². The van der Waals surface area contributed by atoms with E-state index in [1.807, 2.05) is 6.92 Å². The van der Waals surface area contributed by atoms with Crippen LogP contribution in [-0.4, -0.2) is 15.6 Å². The van der Waals surface area contributed by atoms with Gasteiger partial charge in [0.05, 0.1) is 12.4 Å². The SMILES string of the molecule is CCCCCCC(C)(CCCCCC)Oc1cnc(C)nc1. The Hall–Kier alpha value is -1.12. The zero-order valence-electron chi connectivity index (χ0n) is 15.0. The zero-order valence-corrected chi connectivity index (χ0v) is 15.0. The largest absolute Gasteiger partial charge is 0.484 e. The maximum atomic E-state index is 6.29. The Labute approximate surface area is 136 Å². The van der Waals surface area contributed by atoms with E-state index < -0.39 is 0 Å². The fraction of sp³-hybridized carbons (Fsp3) is 0.789. The molecule has 0 aliphatic carbocycles. The van der Waals surface area contributed by atoms with E-state index in [4.69, 9.17) is 4.74 Å². The Morgan fingerprint density at radius 3 is 1.82 bits per heavy atom. The molecule has 0 spiro atoms. The van der Waals surface area contributed by atoms with Gasteiger partial charge in [-0.25, -0.2) is 9.97 Å². The van der Waals surface area contributed by atoms with Gasteiger partial charge in [-0.05, 0) is 39.5 Å². The van der Waals surface area contributed by atoms with Crippen LogP contribution in [0.2, 0.25) is 0 Å². The smallest absolute Gasteiger partial charge is 0.156 e. The normalized spacial score (nSPS) is 11.6. The van der Waals surface area contributed by atoms with Gasteiger partial charge in [-0.1, -0.05) is 52.4 Å². The highest BCUT2D eigenvalue weighted by Crippen LogP contribution is 2.28. The lowest BCUT2D eigenvalue weighted by molar-refractivity contribution is 0.0628. The lowest BCUT2D eigenvalue weighted by atomic mass is 9.91. The van der Waals surface area contributed by atoms with E-state index >= 15 is 0 Å². The zero-order chi connectivity index (χ0) is 16.3. The molecule has 0 fully saturated rings. The van der Waals surface area contributed by atoms with Crippen LogP contribution < -0.4 is 4.74 Å². The minimum atomic E-state index is -0.0832. The van der Waals surface area contributed by atoms with Gasteiger partial charge in [-0.2, -0.15) is 0 Å². The lowest BCUT2D eigenvalue weighted by Crippen LogP contribution is -2.32. The molecular weight excluding hydrogens is 272 g/mol. The number of ether oxygens (including phenoxy) is 1. The Balaban J connectivity index is 2.56. The quantitative estimate of drug-likeness (QED) is 0.453. The van der Waals surface area contributed by atoms with Gasteiger partial charge < -0.3 is 4.74 Å². The van der Waals surface area contributed by atoms with Crippen LogP contribution in [0.1, 0.15) is 90.8 Å². The third kappa shape index (κ3) is 7.77. The summed E-state index contributed by atoms with van der Waals surface area (Å²) in [6.45, 7) is 8.66. The lowest BCUT2D eigenvalue weighted by Gasteiger charge is -2.31. The highest BCUT2D eigenvalue weighted by atomic mass is 16.5. The van der Waals surface area contributed by atoms with E-state index in [2.05, 4.69) is 30.7 Å². The van der Waals surface area contributed by atoms with Crippen molar-refractivity contribution in [1.29, 1.82) is 0 Å². The van der Waals surface area contributed by atoms with Crippen molar-refractivity contribution < 1.29 is 4.74 Å². The molecule has 126 valence electrons. The molecule has 1 aromatic heterocycles. The fourth-order valence-corrected chi connectivity index (χ4v) is 2.80. The summed E-state index contributed by atoms with van der Waals surface area (Å²) in [6, 6.07) is 0. The van der Waals surface area contributed by atoms with Crippen LogP contribution in [-0.2, 0) is 0 Å². The molecule has 3 heteroatoms. The standard InChI is InChI=1S/C19H34N2O/c1-5-7-9-11-13-19(4,14-12-10-8-6-2)22-18-15-20-17(3)21-16-18/h15-16H,5-14H2,1-4H3. The molecular formula is C19H34N2O. The number of rotatable bonds is 12. The molecule has 0 aromatic carbocycles. The highest BCUT2D eigenvalue weighted by Gasteiger charge is 2.25. The molecule has 1 heterocycles. The number of aryl methyl sites for hydroxylation is 1. The van der Waals surface area contributed by atoms with Crippen molar-refractivity contribution >= 4 is 0 Å². The molecule has 0 radical (unpaired) electrons. The number of hydrogen-bond donors (Lipinski definition) is 0. The third-order valence-corrected chi connectivity index (χ3v) is 4.24. The summed E-state index contributed by atoms with van der Waals surface area (Å²) in [4.78, 5) is 8.49. The molecule has 3 nitrogen and oxygen atoms in total. The van der Waals surface area contributed by atoms with Gasteiger partial charge >= 0.3 is 0 Å². The van der Waals surface area contributed by atoms with E-state index in [1.54, 1.807) is 12.4 Å². The summed E-state index contributed by atoms with van der Waals surface area (Å²) in [7, 11) is 0. The van der Waals surface area contributed by atoms with Crippen molar-refractivity contribution in [2.45, 2.75) is 97.5 Å². The van der Waals surface area contributed by atoms with Crippen LogP contribution in [0.15, 0.2) is 12.4 Å². The number of unbranched alkanes of at least 4 members (excludes halogenated alkanes) is 6.